The van der Waals surface area contributed by atoms with Crippen LogP contribution in [0.15, 0.2) is 48.5 Å². The highest BCUT2D eigenvalue weighted by atomic mass is 16.5. The maximum absolute atomic E-state index is 5.76. The van der Waals surface area contributed by atoms with Crippen molar-refractivity contribution in [1.82, 2.24) is 5.32 Å². The second kappa shape index (κ2) is 6.77. The van der Waals surface area contributed by atoms with Crippen molar-refractivity contribution in [1.29, 1.82) is 0 Å². The summed E-state index contributed by atoms with van der Waals surface area (Å²) >= 11 is 0. The lowest BCUT2D eigenvalue weighted by Gasteiger charge is -2.08. The van der Waals surface area contributed by atoms with E-state index >= 15 is 0 Å². The number of ether oxygens (including phenoxy) is 1. The van der Waals surface area contributed by atoms with E-state index in [9.17, 15) is 0 Å². The second-order valence-electron chi connectivity index (χ2n) is 5.89. The first-order valence-electron chi connectivity index (χ1n) is 7.82. The van der Waals surface area contributed by atoms with Gasteiger partial charge in [-0.3, -0.25) is 0 Å². The Morgan fingerprint density at radius 3 is 2.19 bits per heavy atom. The third kappa shape index (κ3) is 4.33. The average molecular weight is 281 g/mol. The summed E-state index contributed by atoms with van der Waals surface area (Å²) < 4.78 is 5.76. The molecule has 0 aliphatic heterocycles. The zero-order chi connectivity index (χ0) is 14.5. The van der Waals surface area contributed by atoms with Crippen LogP contribution in [0.5, 0.6) is 5.75 Å². The van der Waals surface area contributed by atoms with Crippen molar-refractivity contribution < 1.29 is 4.74 Å². The lowest BCUT2D eigenvalue weighted by Crippen LogP contribution is -2.23. The number of hydrogen-bond acceptors (Lipinski definition) is 2. The van der Waals surface area contributed by atoms with Gasteiger partial charge in [0.05, 0.1) is 0 Å². The van der Waals surface area contributed by atoms with E-state index in [4.69, 9.17) is 4.74 Å². The molecule has 2 aromatic carbocycles. The van der Waals surface area contributed by atoms with Crippen LogP contribution in [-0.4, -0.2) is 19.7 Å². The minimum absolute atomic E-state index is 0.733. The standard InChI is InChI=1S/C19H23NO/c1-15-2-6-17(7-3-15)18-8-10-19(11-9-18)21-13-12-20-14-16-4-5-16/h2-3,6-11,16,20H,4-5,12-14H2,1H3. The Morgan fingerprint density at radius 1 is 0.952 bits per heavy atom. The van der Waals surface area contributed by atoms with Gasteiger partial charge in [0.25, 0.3) is 0 Å². The van der Waals surface area contributed by atoms with E-state index in [1.807, 2.05) is 0 Å². The Kier molecular flexibility index (Phi) is 4.56. The lowest BCUT2D eigenvalue weighted by molar-refractivity contribution is 0.313. The maximum atomic E-state index is 5.76. The zero-order valence-electron chi connectivity index (χ0n) is 12.6. The smallest absolute Gasteiger partial charge is 0.119 e. The monoisotopic (exact) mass is 281 g/mol. The fourth-order valence-corrected chi connectivity index (χ4v) is 2.36. The van der Waals surface area contributed by atoms with Crippen molar-refractivity contribution in [3.05, 3.63) is 54.1 Å². The number of benzene rings is 2. The van der Waals surface area contributed by atoms with Crippen molar-refractivity contribution in [2.45, 2.75) is 19.8 Å². The van der Waals surface area contributed by atoms with E-state index in [1.165, 1.54) is 29.5 Å². The molecule has 1 N–H and O–H groups in total. The molecule has 0 unspecified atom stereocenters. The molecule has 1 aliphatic rings. The van der Waals surface area contributed by atoms with Crippen LogP contribution in [0.2, 0.25) is 0 Å². The Morgan fingerprint density at radius 2 is 1.57 bits per heavy atom. The Hall–Kier alpha value is -1.80. The van der Waals surface area contributed by atoms with Crippen LogP contribution in [-0.2, 0) is 0 Å². The first-order chi connectivity index (χ1) is 10.3. The highest BCUT2D eigenvalue weighted by molar-refractivity contribution is 5.64. The first kappa shape index (κ1) is 14.2. The lowest BCUT2D eigenvalue weighted by atomic mass is 10.0. The highest BCUT2D eigenvalue weighted by Crippen LogP contribution is 2.27. The predicted octanol–water partition coefficient (Wildman–Crippen LogP) is 4.04. The molecule has 2 heteroatoms. The van der Waals surface area contributed by atoms with Gasteiger partial charge in [-0.25, -0.2) is 0 Å². The molecule has 1 aliphatic carbocycles. The highest BCUT2D eigenvalue weighted by Gasteiger charge is 2.19. The predicted molar refractivity (Wildman–Crippen MR) is 87.7 cm³/mol. The van der Waals surface area contributed by atoms with Crippen LogP contribution < -0.4 is 10.1 Å². The minimum Gasteiger partial charge on any atom is -0.492 e. The molecule has 1 fully saturated rings. The van der Waals surface area contributed by atoms with E-state index in [2.05, 4.69) is 60.8 Å². The van der Waals surface area contributed by atoms with Gasteiger partial charge in [-0.2, -0.15) is 0 Å². The summed E-state index contributed by atoms with van der Waals surface area (Å²) in [4.78, 5) is 0. The minimum atomic E-state index is 0.733. The molecule has 0 atom stereocenters. The van der Waals surface area contributed by atoms with Gasteiger partial charge >= 0.3 is 0 Å². The van der Waals surface area contributed by atoms with Crippen molar-refractivity contribution in [2.24, 2.45) is 5.92 Å². The molecule has 0 saturated heterocycles. The normalized spacial score (nSPS) is 14.1. The van der Waals surface area contributed by atoms with Gasteiger partial charge in [0.15, 0.2) is 0 Å². The molecule has 2 aromatic rings. The van der Waals surface area contributed by atoms with Gasteiger partial charge in [0, 0.05) is 6.54 Å². The van der Waals surface area contributed by atoms with Crippen molar-refractivity contribution >= 4 is 0 Å². The van der Waals surface area contributed by atoms with Gasteiger partial charge in [-0.15, -0.1) is 0 Å². The molecular formula is C19H23NO. The largest absolute Gasteiger partial charge is 0.492 e. The van der Waals surface area contributed by atoms with Gasteiger partial charge in [-0.05, 0) is 55.5 Å². The summed E-state index contributed by atoms with van der Waals surface area (Å²) in [6.45, 7) is 4.92. The van der Waals surface area contributed by atoms with Gasteiger partial charge in [0.2, 0.25) is 0 Å². The summed E-state index contributed by atoms with van der Waals surface area (Å²) in [7, 11) is 0. The van der Waals surface area contributed by atoms with Crippen LogP contribution >= 0.6 is 0 Å². The fourth-order valence-electron chi connectivity index (χ4n) is 2.36. The van der Waals surface area contributed by atoms with E-state index in [1.54, 1.807) is 0 Å². The molecule has 21 heavy (non-hydrogen) atoms. The Balaban J connectivity index is 1.47. The van der Waals surface area contributed by atoms with Crippen LogP contribution in [0.1, 0.15) is 18.4 Å². The second-order valence-corrected chi connectivity index (χ2v) is 5.89. The molecule has 0 bridgehead atoms. The Labute approximate surface area is 127 Å². The zero-order valence-corrected chi connectivity index (χ0v) is 12.6. The van der Waals surface area contributed by atoms with Crippen molar-refractivity contribution in [3.63, 3.8) is 0 Å². The van der Waals surface area contributed by atoms with Crippen LogP contribution in [0, 0.1) is 12.8 Å². The number of aryl methyl sites for hydroxylation is 1. The number of rotatable bonds is 7. The van der Waals surface area contributed by atoms with E-state index in [0.29, 0.717) is 0 Å². The van der Waals surface area contributed by atoms with E-state index in [-0.39, 0.29) is 0 Å². The molecule has 0 amide bonds. The first-order valence-corrected chi connectivity index (χ1v) is 7.82. The van der Waals surface area contributed by atoms with Crippen molar-refractivity contribution in [3.8, 4) is 16.9 Å². The summed E-state index contributed by atoms with van der Waals surface area (Å²) in [5, 5.41) is 3.44. The molecule has 2 nitrogen and oxygen atoms in total. The van der Waals surface area contributed by atoms with Gasteiger partial charge in [-0.1, -0.05) is 42.0 Å². The average Bonchev–Trinajstić information content (AvgIpc) is 3.33. The van der Waals surface area contributed by atoms with Gasteiger partial charge in [0.1, 0.15) is 12.4 Å². The summed E-state index contributed by atoms with van der Waals surface area (Å²) in [6.07, 6.45) is 2.79. The summed E-state index contributed by atoms with van der Waals surface area (Å²) in [5.74, 6) is 1.87. The molecule has 1 saturated carbocycles. The molecule has 110 valence electrons. The fraction of sp³-hybridized carbons (Fsp3) is 0.368. The number of nitrogens with one attached hydrogen (secondary N) is 1. The number of hydrogen-bond donors (Lipinski definition) is 1. The topological polar surface area (TPSA) is 21.3 Å². The summed E-state index contributed by atoms with van der Waals surface area (Å²) in [5.41, 5.74) is 3.77. The Bertz CT molecular complexity index is 555. The summed E-state index contributed by atoms with van der Waals surface area (Å²) in [6, 6.07) is 17.0. The van der Waals surface area contributed by atoms with E-state index < -0.39 is 0 Å². The van der Waals surface area contributed by atoms with Crippen molar-refractivity contribution in [2.75, 3.05) is 19.7 Å². The van der Waals surface area contributed by atoms with Gasteiger partial charge < -0.3 is 10.1 Å². The molecule has 0 aromatic heterocycles. The SMILES string of the molecule is Cc1ccc(-c2ccc(OCCNCC3CC3)cc2)cc1. The third-order valence-corrected chi connectivity index (χ3v) is 3.92. The molecule has 3 rings (SSSR count). The van der Waals surface area contributed by atoms with Crippen LogP contribution in [0.25, 0.3) is 11.1 Å². The molecule has 0 radical (unpaired) electrons. The quantitative estimate of drug-likeness (QED) is 0.773. The third-order valence-electron chi connectivity index (χ3n) is 3.92. The molecule has 0 heterocycles. The van der Waals surface area contributed by atoms with E-state index in [0.717, 1.165) is 31.4 Å². The molecular weight excluding hydrogens is 258 g/mol. The maximum Gasteiger partial charge on any atom is 0.119 e. The van der Waals surface area contributed by atoms with Crippen LogP contribution in [0.4, 0.5) is 0 Å². The molecule has 0 spiro atoms. The van der Waals surface area contributed by atoms with Crippen LogP contribution in [0.3, 0.4) is 0 Å².